The molecule has 15 heavy (non-hydrogen) atoms. The molecule has 3 N–H and O–H groups in total. The molecule has 0 rings (SSSR count). The van der Waals surface area contributed by atoms with E-state index < -0.39 is 0 Å². The number of rotatable bonds is 8. The van der Waals surface area contributed by atoms with E-state index in [0.29, 0.717) is 13.0 Å². The van der Waals surface area contributed by atoms with Crippen LogP contribution in [-0.2, 0) is 4.79 Å². The highest BCUT2D eigenvalue weighted by Crippen LogP contribution is 2.11. The van der Waals surface area contributed by atoms with Crippen LogP contribution < -0.4 is 11.1 Å². The monoisotopic (exact) mass is 214 g/mol. The van der Waals surface area contributed by atoms with Gasteiger partial charge < -0.3 is 11.1 Å². The second-order valence-corrected chi connectivity index (χ2v) is 4.78. The third-order valence-electron chi connectivity index (χ3n) is 2.49. The Kier molecular flexibility index (Phi) is 7.39. The molecule has 0 unspecified atom stereocenters. The Labute approximate surface area is 93.8 Å². The fourth-order valence-corrected chi connectivity index (χ4v) is 1.58. The molecule has 0 fully saturated rings. The molecule has 0 aliphatic heterocycles. The smallest absolute Gasteiger partial charge is 0.220 e. The molecule has 0 aliphatic carbocycles. The van der Waals surface area contributed by atoms with Gasteiger partial charge in [-0.25, -0.2) is 0 Å². The van der Waals surface area contributed by atoms with Gasteiger partial charge in [-0.05, 0) is 39.7 Å². The van der Waals surface area contributed by atoms with E-state index >= 15 is 0 Å². The number of nitrogens with two attached hydrogens (primary N) is 1. The summed E-state index contributed by atoms with van der Waals surface area (Å²) in [6.45, 7) is 6.94. The van der Waals surface area contributed by atoms with Gasteiger partial charge in [0.2, 0.25) is 5.91 Å². The van der Waals surface area contributed by atoms with Crippen LogP contribution in [-0.4, -0.2) is 18.0 Å². The molecule has 0 aromatic heterocycles. The Hall–Kier alpha value is -0.570. The number of nitrogens with one attached hydrogen (secondary N) is 1. The normalized spacial score (nSPS) is 11.5. The van der Waals surface area contributed by atoms with Crippen molar-refractivity contribution in [3.8, 4) is 0 Å². The van der Waals surface area contributed by atoms with Crippen molar-refractivity contribution in [2.45, 2.75) is 64.8 Å². The summed E-state index contributed by atoms with van der Waals surface area (Å²) in [4.78, 5) is 11.6. The molecule has 0 bridgehead atoms. The van der Waals surface area contributed by atoms with Crippen LogP contribution >= 0.6 is 0 Å². The minimum atomic E-state index is -0.108. The fourth-order valence-electron chi connectivity index (χ4n) is 1.58. The van der Waals surface area contributed by atoms with E-state index in [9.17, 15) is 4.79 Å². The van der Waals surface area contributed by atoms with E-state index in [-0.39, 0.29) is 11.4 Å². The van der Waals surface area contributed by atoms with Crippen molar-refractivity contribution in [2.24, 2.45) is 5.73 Å². The van der Waals surface area contributed by atoms with Crippen LogP contribution in [0.15, 0.2) is 0 Å². The molecule has 0 aromatic carbocycles. The average Bonchev–Trinajstić information content (AvgIpc) is 2.14. The number of hydrogen-bond donors (Lipinski definition) is 2. The summed E-state index contributed by atoms with van der Waals surface area (Å²) in [5, 5.41) is 3.06. The van der Waals surface area contributed by atoms with E-state index in [1.807, 2.05) is 0 Å². The first-order valence-electron chi connectivity index (χ1n) is 6.03. The van der Waals surface area contributed by atoms with Gasteiger partial charge in [-0.1, -0.05) is 19.8 Å². The summed E-state index contributed by atoms with van der Waals surface area (Å²) in [5.74, 6) is 0.172. The maximum atomic E-state index is 11.6. The lowest BCUT2D eigenvalue weighted by Crippen LogP contribution is -2.43. The zero-order chi connectivity index (χ0) is 11.7. The van der Waals surface area contributed by atoms with Gasteiger partial charge in [-0.2, -0.15) is 0 Å². The van der Waals surface area contributed by atoms with Crippen LogP contribution in [0.5, 0.6) is 0 Å². The average molecular weight is 214 g/mol. The molecule has 3 nitrogen and oxygen atoms in total. The van der Waals surface area contributed by atoms with Crippen molar-refractivity contribution in [2.75, 3.05) is 6.54 Å². The van der Waals surface area contributed by atoms with Gasteiger partial charge in [0.15, 0.2) is 0 Å². The fraction of sp³-hybridized carbons (Fsp3) is 0.917. The highest BCUT2D eigenvalue weighted by atomic mass is 16.1. The van der Waals surface area contributed by atoms with Crippen molar-refractivity contribution >= 4 is 5.91 Å². The van der Waals surface area contributed by atoms with Crippen LogP contribution in [0, 0.1) is 0 Å². The molecule has 0 saturated carbocycles. The van der Waals surface area contributed by atoms with Gasteiger partial charge >= 0.3 is 0 Å². The Morgan fingerprint density at radius 1 is 1.27 bits per heavy atom. The van der Waals surface area contributed by atoms with Crippen LogP contribution in [0.2, 0.25) is 0 Å². The van der Waals surface area contributed by atoms with Crippen molar-refractivity contribution in [3.63, 3.8) is 0 Å². The van der Waals surface area contributed by atoms with Crippen molar-refractivity contribution in [3.05, 3.63) is 0 Å². The molecule has 90 valence electrons. The molecule has 0 atom stereocenters. The molecule has 1 amide bonds. The second kappa shape index (κ2) is 7.69. The van der Waals surface area contributed by atoms with Crippen LogP contribution in [0.3, 0.4) is 0 Å². The molecular weight excluding hydrogens is 188 g/mol. The number of carbonyl (C=O) groups excluding carboxylic acids is 1. The minimum absolute atomic E-state index is 0.108. The molecule has 0 saturated heterocycles. The molecule has 3 heteroatoms. The molecule has 0 spiro atoms. The zero-order valence-electron chi connectivity index (χ0n) is 10.4. The summed E-state index contributed by atoms with van der Waals surface area (Å²) < 4.78 is 0. The zero-order valence-corrected chi connectivity index (χ0v) is 10.4. The van der Waals surface area contributed by atoms with Gasteiger partial charge in [0.1, 0.15) is 0 Å². The van der Waals surface area contributed by atoms with E-state index in [2.05, 4.69) is 26.1 Å². The van der Waals surface area contributed by atoms with Crippen LogP contribution in [0.4, 0.5) is 0 Å². The summed E-state index contributed by atoms with van der Waals surface area (Å²) in [6, 6.07) is 0. The largest absolute Gasteiger partial charge is 0.351 e. The van der Waals surface area contributed by atoms with E-state index in [4.69, 9.17) is 5.73 Å². The summed E-state index contributed by atoms with van der Waals surface area (Å²) in [7, 11) is 0. The Balaban J connectivity index is 3.72. The molecular formula is C12H26N2O. The van der Waals surface area contributed by atoms with Gasteiger partial charge in [-0.3, -0.25) is 4.79 Å². The lowest BCUT2D eigenvalue weighted by Gasteiger charge is -2.26. The number of amides is 1. The third-order valence-corrected chi connectivity index (χ3v) is 2.49. The summed E-state index contributed by atoms with van der Waals surface area (Å²) in [6.07, 6.45) is 5.85. The number of carbonyl (C=O) groups is 1. The highest BCUT2D eigenvalue weighted by molar-refractivity contribution is 5.76. The van der Waals surface area contributed by atoms with E-state index in [1.54, 1.807) is 0 Å². The molecule has 0 aliphatic rings. The second-order valence-electron chi connectivity index (χ2n) is 4.78. The van der Waals surface area contributed by atoms with Crippen LogP contribution in [0.1, 0.15) is 59.3 Å². The molecule has 0 heterocycles. The van der Waals surface area contributed by atoms with Crippen molar-refractivity contribution < 1.29 is 4.79 Å². The lowest BCUT2D eigenvalue weighted by atomic mass is 9.98. The van der Waals surface area contributed by atoms with Gasteiger partial charge in [0, 0.05) is 12.0 Å². The summed E-state index contributed by atoms with van der Waals surface area (Å²) in [5.41, 5.74) is 5.34. The third kappa shape index (κ3) is 8.43. The molecule has 0 aromatic rings. The topological polar surface area (TPSA) is 55.1 Å². The number of hydrogen-bond acceptors (Lipinski definition) is 2. The Bertz CT molecular complexity index is 178. The maximum absolute atomic E-state index is 11.6. The quantitative estimate of drug-likeness (QED) is 0.609. The highest BCUT2D eigenvalue weighted by Gasteiger charge is 2.18. The van der Waals surface area contributed by atoms with Gasteiger partial charge in [0.05, 0.1) is 0 Å². The predicted octanol–water partition coefficient (Wildman–Crippen LogP) is 2.20. The first-order valence-corrected chi connectivity index (χ1v) is 6.03. The SMILES string of the molecule is CCCCCC(=O)NC(C)(C)CCCN. The first kappa shape index (κ1) is 14.4. The first-order chi connectivity index (χ1) is 7.02. The van der Waals surface area contributed by atoms with E-state index in [0.717, 1.165) is 32.1 Å². The Morgan fingerprint density at radius 3 is 2.47 bits per heavy atom. The lowest BCUT2D eigenvalue weighted by molar-refractivity contribution is -0.122. The van der Waals surface area contributed by atoms with Crippen LogP contribution in [0.25, 0.3) is 0 Å². The Morgan fingerprint density at radius 2 is 1.93 bits per heavy atom. The van der Waals surface area contributed by atoms with Crippen molar-refractivity contribution in [1.82, 2.24) is 5.32 Å². The van der Waals surface area contributed by atoms with E-state index in [1.165, 1.54) is 0 Å². The van der Waals surface area contributed by atoms with Crippen molar-refractivity contribution in [1.29, 1.82) is 0 Å². The predicted molar refractivity (Wildman–Crippen MR) is 64.7 cm³/mol. The maximum Gasteiger partial charge on any atom is 0.220 e. The van der Waals surface area contributed by atoms with Gasteiger partial charge in [-0.15, -0.1) is 0 Å². The number of unbranched alkanes of at least 4 members (excludes halogenated alkanes) is 2. The molecule has 0 radical (unpaired) electrons. The standard InChI is InChI=1S/C12H26N2O/c1-4-5-6-8-11(15)14-12(2,3)9-7-10-13/h4-10,13H2,1-3H3,(H,14,15). The minimum Gasteiger partial charge on any atom is -0.351 e. The van der Waals surface area contributed by atoms with Gasteiger partial charge in [0.25, 0.3) is 0 Å². The summed E-state index contributed by atoms with van der Waals surface area (Å²) >= 11 is 0.